The average molecular weight is 299 g/mol. The highest BCUT2D eigenvalue weighted by Gasteiger charge is 2.06. The summed E-state index contributed by atoms with van der Waals surface area (Å²) < 4.78 is 0.714. The first-order chi connectivity index (χ1) is 8.29. The molecular formula is C10H15BrN6. The number of nitrogens with zero attached hydrogens (tertiary/aromatic N) is 3. The van der Waals surface area contributed by atoms with Crippen molar-refractivity contribution in [3.05, 3.63) is 10.9 Å². The number of aromatic amines is 1. The minimum Gasteiger partial charge on any atom is -0.383 e. The van der Waals surface area contributed by atoms with Crippen molar-refractivity contribution >= 4 is 32.8 Å². The molecule has 1 saturated heterocycles. The number of anilines is 1. The Morgan fingerprint density at radius 3 is 2.47 bits per heavy atom. The number of hydrogen-bond donors (Lipinski definition) is 3. The van der Waals surface area contributed by atoms with Crippen LogP contribution in [0, 0.1) is 0 Å². The van der Waals surface area contributed by atoms with Crippen molar-refractivity contribution in [2.45, 2.75) is 19.3 Å². The van der Waals surface area contributed by atoms with Crippen molar-refractivity contribution in [1.29, 1.82) is 0 Å². The molecule has 2 aromatic rings. The van der Waals surface area contributed by atoms with E-state index in [0.717, 1.165) is 5.39 Å². The lowest BCUT2D eigenvalue weighted by Crippen LogP contribution is -2.21. The van der Waals surface area contributed by atoms with Crippen LogP contribution < -0.4 is 11.1 Å². The molecule has 0 aliphatic carbocycles. The molecule has 92 valence electrons. The Hall–Kier alpha value is -1.21. The normalized spacial score (nSPS) is 15.4. The number of hydrogen-bond acceptors (Lipinski definition) is 5. The van der Waals surface area contributed by atoms with Crippen molar-refractivity contribution in [1.82, 2.24) is 25.5 Å². The molecule has 0 aromatic carbocycles. The summed E-state index contributed by atoms with van der Waals surface area (Å²) in [5.41, 5.74) is 6.13. The lowest BCUT2D eigenvalue weighted by molar-refractivity contribution is 0.520. The van der Waals surface area contributed by atoms with E-state index >= 15 is 0 Å². The Labute approximate surface area is 108 Å². The molecule has 0 spiro atoms. The molecule has 1 fully saturated rings. The van der Waals surface area contributed by atoms with Gasteiger partial charge in [-0.25, -0.2) is 9.97 Å². The van der Waals surface area contributed by atoms with Crippen molar-refractivity contribution in [3.8, 4) is 0 Å². The summed E-state index contributed by atoms with van der Waals surface area (Å²) in [5, 5.41) is 10.6. The van der Waals surface area contributed by atoms with E-state index in [1.165, 1.54) is 38.7 Å². The zero-order valence-corrected chi connectivity index (χ0v) is 11.0. The second-order valence-corrected chi connectivity index (χ2v) is 4.60. The molecule has 4 N–H and O–H groups in total. The Balaban J connectivity index is 0.000000153. The third-order valence-corrected chi connectivity index (χ3v) is 3.12. The Morgan fingerprint density at radius 2 is 1.94 bits per heavy atom. The first-order valence-electron chi connectivity index (χ1n) is 5.60. The molecular weight excluding hydrogens is 284 g/mol. The third-order valence-electron chi connectivity index (χ3n) is 2.54. The van der Waals surface area contributed by atoms with Crippen LogP contribution in [0.4, 0.5) is 5.82 Å². The average Bonchev–Trinajstić information content (AvgIpc) is 2.76. The number of nitrogens with two attached hydrogens (primary N) is 1. The molecule has 0 atom stereocenters. The van der Waals surface area contributed by atoms with Crippen LogP contribution in [0.25, 0.3) is 11.0 Å². The monoisotopic (exact) mass is 298 g/mol. The van der Waals surface area contributed by atoms with Gasteiger partial charge in [0, 0.05) is 0 Å². The van der Waals surface area contributed by atoms with Crippen LogP contribution in [-0.4, -0.2) is 33.3 Å². The first kappa shape index (κ1) is 12.3. The summed E-state index contributed by atoms with van der Waals surface area (Å²) in [6.45, 7) is 2.50. The van der Waals surface area contributed by atoms with E-state index in [2.05, 4.69) is 41.4 Å². The van der Waals surface area contributed by atoms with E-state index in [1.807, 2.05) is 0 Å². The predicted octanol–water partition coefficient (Wildman–Crippen LogP) is 1.46. The zero-order valence-electron chi connectivity index (χ0n) is 9.41. The fraction of sp³-hybridized carbons (Fsp3) is 0.500. The SMILES string of the molecule is C1CCNCC1.Nc1ncnc2n[nH]c(Br)c12. The van der Waals surface area contributed by atoms with E-state index in [-0.39, 0.29) is 0 Å². The van der Waals surface area contributed by atoms with Crippen LogP contribution in [0.15, 0.2) is 10.9 Å². The Kier molecular flexibility index (Phi) is 4.27. The predicted molar refractivity (Wildman–Crippen MR) is 70.5 cm³/mol. The molecule has 0 radical (unpaired) electrons. The standard InChI is InChI=1S/C5H4BrN5.C5H11N/c6-3-2-4(7)8-1-9-5(2)11-10-3;1-2-4-6-5-3-1/h1H,(H3,7,8,9,10,11);6H,1-5H2. The van der Waals surface area contributed by atoms with E-state index in [4.69, 9.17) is 5.73 Å². The van der Waals surface area contributed by atoms with Gasteiger partial charge in [0.05, 0.1) is 5.39 Å². The van der Waals surface area contributed by atoms with Crippen molar-refractivity contribution < 1.29 is 0 Å². The van der Waals surface area contributed by atoms with Gasteiger partial charge in [-0.1, -0.05) is 6.42 Å². The molecule has 0 bridgehead atoms. The minimum absolute atomic E-state index is 0.427. The van der Waals surface area contributed by atoms with Crippen molar-refractivity contribution in [2.24, 2.45) is 0 Å². The smallest absolute Gasteiger partial charge is 0.187 e. The summed E-state index contributed by atoms with van der Waals surface area (Å²) >= 11 is 3.24. The summed E-state index contributed by atoms with van der Waals surface area (Å²) in [6, 6.07) is 0. The van der Waals surface area contributed by atoms with Crippen molar-refractivity contribution in [3.63, 3.8) is 0 Å². The molecule has 1 aliphatic rings. The largest absolute Gasteiger partial charge is 0.383 e. The first-order valence-corrected chi connectivity index (χ1v) is 6.39. The molecule has 3 heterocycles. The van der Waals surface area contributed by atoms with Gasteiger partial charge in [-0.15, -0.1) is 0 Å². The highest BCUT2D eigenvalue weighted by molar-refractivity contribution is 9.10. The van der Waals surface area contributed by atoms with Gasteiger partial charge >= 0.3 is 0 Å². The van der Waals surface area contributed by atoms with Gasteiger partial charge in [-0.3, -0.25) is 5.10 Å². The van der Waals surface area contributed by atoms with Crippen molar-refractivity contribution in [2.75, 3.05) is 18.8 Å². The van der Waals surface area contributed by atoms with Crippen LogP contribution in [-0.2, 0) is 0 Å². The fourth-order valence-electron chi connectivity index (χ4n) is 1.64. The molecule has 6 nitrogen and oxygen atoms in total. The van der Waals surface area contributed by atoms with Gasteiger partial charge in [0.2, 0.25) is 0 Å². The van der Waals surface area contributed by atoms with Gasteiger partial charge in [0.1, 0.15) is 16.7 Å². The zero-order chi connectivity index (χ0) is 12.1. The van der Waals surface area contributed by atoms with Crippen LogP contribution in [0.2, 0.25) is 0 Å². The summed E-state index contributed by atoms with van der Waals surface area (Å²) in [5.74, 6) is 0.427. The molecule has 3 rings (SSSR count). The second kappa shape index (κ2) is 5.92. The number of H-pyrrole nitrogens is 1. The Morgan fingerprint density at radius 1 is 1.18 bits per heavy atom. The number of piperidine rings is 1. The summed E-state index contributed by atoms with van der Waals surface area (Å²) in [6.07, 6.45) is 5.60. The van der Waals surface area contributed by atoms with Gasteiger partial charge in [-0.05, 0) is 41.9 Å². The molecule has 1 aliphatic heterocycles. The third kappa shape index (κ3) is 3.13. The number of aromatic nitrogens is 4. The molecule has 0 saturated carbocycles. The number of nitrogens with one attached hydrogen (secondary N) is 2. The van der Waals surface area contributed by atoms with Gasteiger partial charge in [0.15, 0.2) is 5.65 Å². The van der Waals surface area contributed by atoms with E-state index in [0.29, 0.717) is 16.1 Å². The van der Waals surface area contributed by atoms with E-state index in [9.17, 15) is 0 Å². The molecule has 0 unspecified atom stereocenters. The van der Waals surface area contributed by atoms with Gasteiger partial charge in [-0.2, -0.15) is 5.10 Å². The number of fused-ring (bicyclic) bond motifs is 1. The lowest BCUT2D eigenvalue weighted by Gasteiger charge is -2.08. The number of rotatable bonds is 0. The van der Waals surface area contributed by atoms with Gasteiger partial charge < -0.3 is 11.1 Å². The van der Waals surface area contributed by atoms with Crippen LogP contribution in [0.1, 0.15) is 19.3 Å². The molecule has 17 heavy (non-hydrogen) atoms. The fourth-order valence-corrected chi connectivity index (χ4v) is 2.11. The maximum Gasteiger partial charge on any atom is 0.187 e. The minimum atomic E-state index is 0.427. The lowest BCUT2D eigenvalue weighted by atomic mass is 10.2. The van der Waals surface area contributed by atoms with Crippen LogP contribution in [0.3, 0.4) is 0 Å². The number of nitrogen functional groups attached to an aromatic ring is 1. The maximum atomic E-state index is 5.56. The second-order valence-electron chi connectivity index (χ2n) is 3.81. The molecule has 0 amide bonds. The summed E-state index contributed by atoms with van der Waals surface area (Å²) in [7, 11) is 0. The Bertz CT molecular complexity index is 467. The highest BCUT2D eigenvalue weighted by atomic mass is 79.9. The number of halogens is 1. The van der Waals surface area contributed by atoms with Crippen LogP contribution >= 0.6 is 15.9 Å². The molecule has 7 heteroatoms. The van der Waals surface area contributed by atoms with E-state index in [1.54, 1.807) is 0 Å². The molecule has 2 aromatic heterocycles. The van der Waals surface area contributed by atoms with Crippen LogP contribution in [0.5, 0.6) is 0 Å². The maximum absolute atomic E-state index is 5.56. The van der Waals surface area contributed by atoms with E-state index < -0.39 is 0 Å². The summed E-state index contributed by atoms with van der Waals surface area (Å²) in [4.78, 5) is 7.72. The highest BCUT2D eigenvalue weighted by Crippen LogP contribution is 2.22. The van der Waals surface area contributed by atoms with Gasteiger partial charge in [0.25, 0.3) is 0 Å². The topological polar surface area (TPSA) is 92.5 Å². The quantitative estimate of drug-likeness (QED) is 0.685.